The van der Waals surface area contributed by atoms with Gasteiger partial charge < -0.3 is 18.0 Å². The minimum atomic E-state index is -2.43. The summed E-state index contributed by atoms with van der Waals surface area (Å²) in [5, 5.41) is 0. The zero-order chi connectivity index (χ0) is 15.6. The van der Waals surface area contributed by atoms with Crippen LogP contribution in [0, 0.1) is 0 Å². The number of ether oxygens (including phenoxy) is 1. The Hall–Kier alpha value is -0.953. The van der Waals surface area contributed by atoms with Gasteiger partial charge in [0, 0.05) is 27.4 Å². The molecule has 0 amide bonds. The van der Waals surface area contributed by atoms with E-state index in [1.807, 2.05) is 0 Å². The largest absolute Gasteiger partial charge is 0.528 e. The van der Waals surface area contributed by atoms with Crippen molar-refractivity contribution in [2.75, 3.05) is 21.3 Å². The van der Waals surface area contributed by atoms with Crippen LogP contribution in [0.1, 0.15) is 32.6 Å². The van der Waals surface area contributed by atoms with E-state index in [1.54, 1.807) is 27.0 Å². The molecule has 0 radical (unpaired) electrons. The standard InChI is InChI=1S/C9H14O2.C5H12O3Si/c1-3-5-9(6-7-9)11-8(10)4-2;1-5-9(6-2,7-3)8-4/h4H,2-3,5-7H2,1H3;5H,1H2,2-4H3. The van der Waals surface area contributed by atoms with Gasteiger partial charge in [-0.25, -0.2) is 4.79 Å². The quantitative estimate of drug-likeness (QED) is 0.392. The summed E-state index contributed by atoms with van der Waals surface area (Å²) in [4.78, 5) is 10.8. The third-order valence-corrected chi connectivity index (χ3v) is 5.31. The molecule has 5 nitrogen and oxygen atoms in total. The van der Waals surface area contributed by atoms with Crippen LogP contribution in [0.5, 0.6) is 0 Å². The van der Waals surface area contributed by atoms with Crippen LogP contribution in [0.15, 0.2) is 24.9 Å². The van der Waals surface area contributed by atoms with E-state index in [9.17, 15) is 4.79 Å². The van der Waals surface area contributed by atoms with Crippen LogP contribution < -0.4 is 0 Å². The second kappa shape index (κ2) is 9.07. The van der Waals surface area contributed by atoms with Gasteiger partial charge in [0.2, 0.25) is 0 Å². The highest BCUT2D eigenvalue weighted by Crippen LogP contribution is 2.43. The third kappa shape index (κ3) is 6.00. The molecule has 0 bridgehead atoms. The molecule has 0 N–H and O–H groups in total. The molecule has 1 rings (SSSR count). The van der Waals surface area contributed by atoms with Crippen molar-refractivity contribution < 1.29 is 22.8 Å². The monoisotopic (exact) mass is 302 g/mol. The average molecular weight is 302 g/mol. The molecule has 1 aliphatic rings. The maximum Gasteiger partial charge on any atom is 0.528 e. The normalized spacial score (nSPS) is 15.6. The Bertz CT molecular complexity index is 313. The first-order valence-electron chi connectivity index (χ1n) is 6.61. The third-order valence-electron chi connectivity index (χ3n) is 3.10. The second-order valence-corrected chi connectivity index (χ2v) is 7.32. The number of carbonyl (C=O) groups is 1. The summed E-state index contributed by atoms with van der Waals surface area (Å²) in [5.74, 6) is -0.282. The molecule has 1 aliphatic carbocycles. The summed E-state index contributed by atoms with van der Waals surface area (Å²) < 4.78 is 20.1. The van der Waals surface area contributed by atoms with E-state index in [0.717, 1.165) is 25.7 Å². The minimum absolute atomic E-state index is 0.0972. The number of rotatable bonds is 8. The lowest BCUT2D eigenvalue weighted by Gasteiger charge is -2.19. The van der Waals surface area contributed by atoms with E-state index in [0.29, 0.717) is 0 Å². The van der Waals surface area contributed by atoms with Crippen molar-refractivity contribution in [2.24, 2.45) is 0 Å². The predicted molar refractivity (Wildman–Crippen MR) is 80.1 cm³/mol. The van der Waals surface area contributed by atoms with Crippen molar-refractivity contribution in [3.05, 3.63) is 24.9 Å². The van der Waals surface area contributed by atoms with E-state index in [4.69, 9.17) is 18.0 Å². The smallest absolute Gasteiger partial charge is 0.456 e. The molecule has 0 atom stereocenters. The Morgan fingerprint density at radius 1 is 1.20 bits per heavy atom. The maximum absolute atomic E-state index is 10.8. The summed E-state index contributed by atoms with van der Waals surface area (Å²) >= 11 is 0. The summed E-state index contributed by atoms with van der Waals surface area (Å²) in [6, 6.07) is 0. The Morgan fingerprint density at radius 3 is 1.90 bits per heavy atom. The lowest BCUT2D eigenvalue weighted by molar-refractivity contribution is -0.145. The first-order valence-corrected chi connectivity index (χ1v) is 8.41. The fourth-order valence-electron chi connectivity index (χ4n) is 1.75. The van der Waals surface area contributed by atoms with Gasteiger partial charge in [-0.05, 0) is 25.0 Å². The summed E-state index contributed by atoms with van der Waals surface area (Å²) in [5.41, 5.74) is 1.48. The van der Waals surface area contributed by atoms with E-state index in [1.165, 1.54) is 6.08 Å². The van der Waals surface area contributed by atoms with Gasteiger partial charge in [-0.1, -0.05) is 26.5 Å². The molecule has 0 saturated heterocycles. The van der Waals surface area contributed by atoms with Gasteiger partial charge in [-0.3, -0.25) is 0 Å². The van der Waals surface area contributed by atoms with Gasteiger partial charge in [0.25, 0.3) is 0 Å². The Balaban J connectivity index is 0.000000370. The van der Waals surface area contributed by atoms with Crippen LogP contribution in [0.4, 0.5) is 0 Å². The SMILES string of the molecule is C=CC(=O)OC1(CCC)CC1.C=C[Si](OC)(OC)OC. The molecular weight excluding hydrogens is 276 g/mol. The van der Waals surface area contributed by atoms with Crippen LogP contribution in [-0.4, -0.2) is 41.7 Å². The highest BCUT2D eigenvalue weighted by Gasteiger charge is 2.45. The predicted octanol–water partition coefficient (Wildman–Crippen LogP) is 2.64. The van der Waals surface area contributed by atoms with Crippen LogP contribution in [0.25, 0.3) is 0 Å². The zero-order valence-corrected chi connectivity index (χ0v) is 13.9. The number of hydrogen-bond donors (Lipinski definition) is 0. The van der Waals surface area contributed by atoms with Gasteiger partial charge in [0.05, 0.1) is 0 Å². The van der Waals surface area contributed by atoms with Gasteiger partial charge in [0.1, 0.15) is 5.60 Å². The zero-order valence-electron chi connectivity index (χ0n) is 12.9. The highest BCUT2D eigenvalue weighted by atomic mass is 28.4. The number of hydrogen-bond acceptors (Lipinski definition) is 5. The Kier molecular flexibility index (Phi) is 8.64. The molecule has 0 aliphatic heterocycles. The van der Waals surface area contributed by atoms with Crippen LogP contribution in [0.3, 0.4) is 0 Å². The summed E-state index contributed by atoms with van der Waals surface area (Å²) in [6.45, 7) is 8.99. The minimum Gasteiger partial charge on any atom is -0.456 e. The van der Waals surface area contributed by atoms with Gasteiger partial charge in [-0.15, -0.1) is 0 Å². The molecular formula is C14H26O5Si. The Labute approximate surface area is 122 Å². The van der Waals surface area contributed by atoms with Gasteiger partial charge >= 0.3 is 14.8 Å². The van der Waals surface area contributed by atoms with E-state index in [-0.39, 0.29) is 11.6 Å². The van der Waals surface area contributed by atoms with Crippen LogP contribution in [-0.2, 0) is 22.8 Å². The molecule has 0 aromatic rings. The Morgan fingerprint density at radius 2 is 1.70 bits per heavy atom. The first kappa shape index (κ1) is 19.0. The molecule has 1 saturated carbocycles. The molecule has 0 unspecified atom stereocenters. The lowest BCUT2D eigenvalue weighted by atomic mass is 10.2. The summed E-state index contributed by atoms with van der Waals surface area (Å²) in [7, 11) is 2.20. The van der Waals surface area contributed by atoms with E-state index >= 15 is 0 Å². The molecule has 0 aromatic carbocycles. The number of carbonyl (C=O) groups excluding carboxylic acids is 1. The fraction of sp³-hybridized carbons (Fsp3) is 0.643. The van der Waals surface area contributed by atoms with Crippen LogP contribution in [0.2, 0.25) is 0 Å². The van der Waals surface area contributed by atoms with Gasteiger partial charge in [0.15, 0.2) is 0 Å². The van der Waals surface area contributed by atoms with Crippen molar-refractivity contribution in [3.8, 4) is 0 Å². The molecule has 1 fully saturated rings. The van der Waals surface area contributed by atoms with Crippen molar-refractivity contribution in [1.29, 1.82) is 0 Å². The summed E-state index contributed by atoms with van der Waals surface area (Å²) in [6.07, 6.45) is 5.35. The molecule has 20 heavy (non-hydrogen) atoms. The lowest BCUT2D eigenvalue weighted by Crippen LogP contribution is -2.40. The number of esters is 1. The second-order valence-electron chi connectivity index (χ2n) is 4.48. The molecule has 0 heterocycles. The molecule has 0 spiro atoms. The van der Waals surface area contributed by atoms with Crippen molar-refractivity contribution in [1.82, 2.24) is 0 Å². The molecule has 116 valence electrons. The molecule has 6 heteroatoms. The average Bonchev–Trinajstić information content (AvgIpc) is 3.22. The highest BCUT2D eigenvalue weighted by molar-refractivity contribution is 6.66. The first-order chi connectivity index (χ1) is 9.46. The van der Waals surface area contributed by atoms with E-state index < -0.39 is 8.80 Å². The van der Waals surface area contributed by atoms with Gasteiger partial charge in [-0.2, -0.15) is 0 Å². The van der Waals surface area contributed by atoms with Crippen molar-refractivity contribution in [2.45, 2.75) is 38.2 Å². The van der Waals surface area contributed by atoms with Crippen molar-refractivity contribution in [3.63, 3.8) is 0 Å². The van der Waals surface area contributed by atoms with Crippen LogP contribution >= 0.6 is 0 Å². The molecule has 0 aromatic heterocycles. The van der Waals surface area contributed by atoms with Crippen molar-refractivity contribution >= 4 is 14.8 Å². The van der Waals surface area contributed by atoms with E-state index in [2.05, 4.69) is 20.1 Å². The maximum atomic E-state index is 10.8. The fourth-order valence-corrected chi connectivity index (χ4v) is 2.75. The topological polar surface area (TPSA) is 54.0 Å².